The molecule has 0 aliphatic rings. The zero-order chi connectivity index (χ0) is 19.6. The van der Waals surface area contributed by atoms with Crippen LogP contribution in [-0.2, 0) is 11.2 Å². The van der Waals surface area contributed by atoms with Crippen LogP contribution in [0.4, 0.5) is 10.8 Å². The van der Waals surface area contributed by atoms with Gasteiger partial charge in [-0.2, -0.15) is 4.37 Å². The second kappa shape index (κ2) is 7.71. The van der Waals surface area contributed by atoms with Gasteiger partial charge >= 0.3 is 0 Å². The first-order chi connectivity index (χ1) is 12.8. The van der Waals surface area contributed by atoms with E-state index in [1.165, 1.54) is 6.92 Å². The van der Waals surface area contributed by atoms with Crippen LogP contribution in [-0.4, -0.2) is 35.1 Å². The molecule has 0 fully saturated rings. The lowest BCUT2D eigenvalue weighted by Gasteiger charge is -2.12. The molecule has 0 aliphatic carbocycles. The molecule has 3 aromatic rings. The van der Waals surface area contributed by atoms with Gasteiger partial charge in [-0.15, -0.1) is 0 Å². The van der Waals surface area contributed by atoms with Gasteiger partial charge in [0.2, 0.25) is 5.13 Å². The highest BCUT2D eigenvalue weighted by Gasteiger charge is 2.18. The van der Waals surface area contributed by atoms with Gasteiger partial charge in [-0.1, -0.05) is 12.1 Å². The molecule has 27 heavy (non-hydrogen) atoms. The zero-order valence-electron chi connectivity index (χ0n) is 15.6. The Balaban J connectivity index is 1.79. The number of furan rings is 1. The Bertz CT molecular complexity index is 991. The van der Waals surface area contributed by atoms with Crippen LogP contribution in [0.5, 0.6) is 0 Å². The molecule has 1 aromatic carbocycles. The standard InChI is InChI=1S/C19H20N4O3S/c1-11(24)8-17-20-19(27-22-17)21-18(25)15-10-16(26-12(15)2)13-6-5-7-14(9-13)23(3)4/h5-7,9-10H,8H2,1-4H3,(H,20,21,22,25). The molecule has 0 unspecified atom stereocenters. The van der Waals surface area contributed by atoms with Crippen LogP contribution in [0, 0.1) is 6.92 Å². The van der Waals surface area contributed by atoms with Gasteiger partial charge in [-0.05, 0) is 32.0 Å². The molecular weight excluding hydrogens is 364 g/mol. The predicted octanol–water partition coefficient (Wildman–Crippen LogP) is 3.56. The van der Waals surface area contributed by atoms with Crippen molar-refractivity contribution < 1.29 is 14.0 Å². The van der Waals surface area contributed by atoms with Crippen molar-refractivity contribution in [3.63, 3.8) is 0 Å². The van der Waals surface area contributed by atoms with E-state index in [0.29, 0.717) is 28.0 Å². The smallest absolute Gasteiger partial charge is 0.261 e. The first-order valence-corrected chi connectivity index (χ1v) is 9.12. The minimum Gasteiger partial charge on any atom is -0.461 e. The number of hydrogen-bond acceptors (Lipinski definition) is 7. The number of anilines is 2. The van der Waals surface area contributed by atoms with Crippen molar-refractivity contribution in [3.8, 4) is 11.3 Å². The van der Waals surface area contributed by atoms with Crippen molar-refractivity contribution in [2.45, 2.75) is 20.3 Å². The fourth-order valence-electron chi connectivity index (χ4n) is 2.55. The third-order valence-corrected chi connectivity index (χ3v) is 4.57. The number of benzene rings is 1. The summed E-state index contributed by atoms with van der Waals surface area (Å²) in [6.45, 7) is 3.22. The molecule has 140 valence electrons. The second-order valence-corrected chi connectivity index (χ2v) is 7.13. The molecule has 7 nitrogen and oxygen atoms in total. The average molecular weight is 384 g/mol. The molecule has 0 atom stereocenters. The van der Waals surface area contributed by atoms with Gasteiger partial charge in [0.25, 0.3) is 5.91 Å². The average Bonchev–Trinajstić information content (AvgIpc) is 3.21. The van der Waals surface area contributed by atoms with E-state index in [1.54, 1.807) is 13.0 Å². The van der Waals surface area contributed by atoms with Gasteiger partial charge in [-0.3, -0.25) is 14.9 Å². The Hall–Kier alpha value is -3.00. The third-order valence-electron chi connectivity index (χ3n) is 3.91. The quantitative estimate of drug-likeness (QED) is 0.699. The number of ketones is 1. The summed E-state index contributed by atoms with van der Waals surface area (Å²) in [7, 11) is 3.93. The molecule has 2 aromatic heterocycles. The summed E-state index contributed by atoms with van der Waals surface area (Å²) in [6.07, 6.45) is 0.156. The van der Waals surface area contributed by atoms with Crippen molar-refractivity contribution >= 4 is 34.0 Å². The number of carbonyl (C=O) groups is 2. The predicted molar refractivity (Wildman–Crippen MR) is 105 cm³/mol. The fraction of sp³-hybridized carbons (Fsp3) is 0.263. The molecular formula is C19H20N4O3S. The van der Waals surface area contributed by atoms with E-state index in [0.717, 1.165) is 22.8 Å². The fourth-order valence-corrected chi connectivity index (χ4v) is 3.13. The number of carbonyl (C=O) groups excluding carboxylic acids is 2. The van der Waals surface area contributed by atoms with E-state index < -0.39 is 0 Å². The van der Waals surface area contributed by atoms with Gasteiger partial charge in [0.05, 0.1) is 12.0 Å². The Kier molecular flexibility index (Phi) is 5.36. The van der Waals surface area contributed by atoms with Crippen molar-refractivity contribution in [3.05, 3.63) is 47.5 Å². The Morgan fingerprint density at radius 3 is 2.74 bits per heavy atom. The SMILES string of the molecule is CC(=O)Cc1nsc(NC(=O)c2cc(-c3cccc(N(C)C)c3)oc2C)n1. The zero-order valence-corrected chi connectivity index (χ0v) is 16.4. The molecule has 0 saturated heterocycles. The van der Waals surface area contributed by atoms with Gasteiger partial charge in [0.15, 0.2) is 5.82 Å². The normalized spacial score (nSPS) is 10.7. The third kappa shape index (κ3) is 4.40. The lowest BCUT2D eigenvalue weighted by molar-refractivity contribution is -0.116. The van der Waals surface area contributed by atoms with E-state index in [9.17, 15) is 9.59 Å². The van der Waals surface area contributed by atoms with E-state index in [1.807, 2.05) is 43.3 Å². The first kappa shape index (κ1) is 18.8. The molecule has 0 saturated carbocycles. The highest BCUT2D eigenvalue weighted by atomic mass is 32.1. The van der Waals surface area contributed by atoms with E-state index in [4.69, 9.17) is 4.42 Å². The Labute approximate surface area is 161 Å². The summed E-state index contributed by atoms with van der Waals surface area (Å²) >= 11 is 1.05. The largest absolute Gasteiger partial charge is 0.461 e. The summed E-state index contributed by atoms with van der Waals surface area (Å²) in [5, 5.41) is 3.07. The monoisotopic (exact) mass is 384 g/mol. The second-order valence-electron chi connectivity index (χ2n) is 6.37. The van der Waals surface area contributed by atoms with Gasteiger partial charge in [0, 0.05) is 36.9 Å². The molecule has 1 N–H and O–H groups in total. The number of hydrogen-bond donors (Lipinski definition) is 1. The minimum absolute atomic E-state index is 0.0269. The number of Topliss-reactive ketones (excluding diaryl/α,β-unsaturated/α-hetero) is 1. The molecule has 3 rings (SSSR count). The van der Waals surface area contributed by atoms with Crippen molar-refractivity contribution in [1.29, 1.82) is 0 Å². The van der Waals surface area contributed by atoms with Crippen molar-refractivity contribution in [2.75, 3.05) is 24.3 Å². The number of aryl methyl sites for hydroxylation is 1. The highest BCUT2D eigenvalue weighted by molar-refractivity contribution is 7.09. The van der Waals surface area contributed by atoms with Crippen LogP contribution < -0.4 is 10.2 Å². The maximum Gasteiger partial charge on any atom is 0.261 e. The molecule has 1 amide bonds. The Morgan fingerprint density at radius 1 is 1.26 bits per heavy atom. The first-order valence-electron chi connectivity index (χ1n) is 8.35. The summed E-state index contributed by atoms with van der Waals surface area (Å²) < 4.78 is 9.87. The summed E-state index contributed by atoms with van der Waals surface area (Å²) in [5.74, 6) is 1.20. The molecule has 0 aliphatic heterocycles. The van der Waals surface area contributed by atoms with Crippen LogP contribution in [0.1, 0.15) is 28.9 Å². The van der Waals surface area contributed by atoms with E-state index in [-0.39, 0.29) is 18.1 Å². The van der Waals surface area contributed by atoms with E-state index >= 15 is 0 Å². The van der Waals surface area contributed by atoms with Crippen molar-refractivity contribution in [2.24, 2.45) is 0 Å². The number of aromatic nitrogens is 2. The van der Waals surface area contributed by atoms with Gasteiger partial charge in [-0.25, -0.2) is 4.98 Å². The van der Waals surface area contributed by atoms with Crippen LogP contribution in [0.25, 0.3) is 11.3 Å². The number of nitrogens with zero attached hydrogens (tertiary/aromatic N) is 3. The lowest BCUT2D eigenvalue weighted by Crippen LogP contribution is -2.12. The summed E-state index contributed by atoms with van der Waals surface area (Å²) in [5.41, 5.74) is 2.37. The number of amides is 1. The number of nitrogens with one attached hydrogen (secondary N) is 1. The molecule has 8 heteroatoms. The molecule has 0 spiro atoms. The van der Waals surface area contributed by atoms with Crippen molar-refractivity contribution in [1.82, 2.24) is 9.36 Å². The van der Waals surface area contributed by atoms with Crippen LogP contribution >= 0.6 is 11.5 Å². The van der Waals surface area contributed by atoms with Gasteiger partial charge < -0.3 is 9.32 Å². The summed E-state index contributed by atoms with van der Waals surface area (Å²) in [4.78, 5) is 29.9. The Morgan fingerprint density at radius 2 is 2.04 bits per heavy atom. The van der Waals surface area contributed by atoms with Gasteiger partial charge in [0.1, 0.15) is 17.3 Å². The molecule has 0 radical (unpaired) electrons. The van der Waals surface area contributed by atoms with Crippen LogP contribution in [0.2, 0.25) is 0 Å². The van der Waals surface area contributed by atoms with E-state index in [2.05, 4.69) is 14.7 Å². The molecule has 2 heterocycles. The topological polar surface area (TPSA) is 88.3 Å². The maximum atomic E-state index is 12.6. The van der Waals surface area contributed by atoms with Crippen LogP contribution in [0.3, 0.4) is 0 Å². The summed E-state index contributed by atoms with van der Waals surface area (Å²) in [6, 6.07) is 9.60. The maximum absolute atomic E-state index is 12.6. The molecule has 0 bridgehead atoms. The minimum atomic E-state index is -0.322. The number of rotatable bonds is 6. The lowest BCUT2D eigenvalue weighted by atomic mass is 10.1. The van der Waals surface area contributed by atoms with Crippen LogP contribution in [0.15, 0.2) is 34.7 Å². The highest BCUT2D eigenvalue weighted by Crippen LogP contribution is 2.28.